The maximum Gasteiger partial charge on any atom is 0.273 e. The largest absolute Gasteiger partial charge is 0.423 e. The van der Waals surface area contributed by atoms with E-state index in [0.717, 1.165) is 0 Å². The molecule has 0 amide bonds. The van der Waals surface area contributed by atoms with Crippen molar-refractivity contribution in [3.63, 3.8) is 0 Å². The lowest BCUT2D eigenvalue weighted by Gasteiger charge is -2.03. The van der Waals surface area contributed by atoms with Gasteiger partial charge in [-0.15, -0.1) is 16.8 Å². The molecular formula is C13H13N5O2S2. The Labute approximate surface area is 134 Å². The Morgan fingerprint density at radius 2 is 2.23 bits per heavy atom. The average Bonchev–Trinajstić information content (AvgIpc) is 3.08. The molecule has 0 fully saturated rings. The molecule has 0 aliphatic carbocycles. The van der Waals surface area contributed by atoms with Crippen LogP contribution >= 0.6 is 23.6 Å². The highest BCUT2D eigenvalue weighted by atomic mass is 32.1. The first-order valence-electron chi connectivity index (χ1n) is 6.65. The smallest absolute Gasteiger partial charge is 0.273 e. The van der Waals surface area contributed by atoms with Crippen LogP contribution in [-0.2, 0) is 19.5 Å². The molecule has 7 nitrogen and oxygen atoms in total. The van der Waals surface area contributed by atoms with E-state index in [2.05, 4.69) is 21.8 Å². The summed E-state index contributed by atoms with van der Waals surface area (Å²) < 4.78 is 9.78. The number of aromatic nitrogens is 5. The predicted molar refractivity (Wildman–Crippen MR) is 85.7 cm³/mol. The summed E-state index contributed by atoms with van der Waals surface area (Å²) in [5.74, 6) is 0.930. The van der Waals surface area contributed by atoms with Crippen molar-refractivity contribution in [3.05, 3.63) is 45.1 Å². The van der Waals surface area contributed by atoms with Gasteiger partial charge in [-0.25, -0.2) is 4.98 Å². The molecule has 0 radical (unpaired) electrons. The Kier molecular flexibility index (Phi) is 3.99. The summed E-state index contributed by atoms with van der Waals surface area (Å²) in [5, 5.41) is 7.80. The van der Waals surface area contributed by atoms with Gasteiger partial charge in [0.05, 0.1) is 0 Å². The zero-order chi connectivity index (χ0) is 15.7. The third kappa shape index (κ3) is 2.53. The molecule has 0 aliphatic rings. The molecule has 3 aromatic rings. The van der Waals surface area contributed by atoms with Gasteiger partial charge in [0, 0.05) is 13.0 Å². The molecule has 0 spiro atoms. The standard InChI is InChI=1S/C13H13N5O2S2/c1-3-5-18-11-10(22-13(18)21)12(19)17(7-14-11)6-9-16-15-8(4-2)20-9/h3,7H,1,4-6H2,2H3. The first-order chi connectivity index (χ1) is 10.6. The van der Waals surface area contributed by atoms with Crippen LogP contribution in [0.3, 0.4) is 0 Å². The predicted octanol–water partition coefficient (Wildman–Crippen LogP) is 2.17. The summed E-state index contributed by atoms with van der Waals surface area (Å²) in [6.45, 7) is 6.33. The minimum Gasteiger partial charge on any atom is -0.423 e. The molecule has 114 valence electrons. The number of hydrogen-bond donors (Lipinski definition) is 0. The summed E-state index contributed by atoms with van der Waals surface area (Å²) in [6.07, 6.45) is 3.85. The minimum atomic E-state index is -0.167. The van der Waals surface area contributed by atoms with Gasteiger partial charge in [-0.1, -0.05) is 24.3 Å². The first kappa shape index (κ1) is 14.8. The topological polar surface area (TPSA) is 78.7 Å². The summed E-state index contributed by atoms with van der Waals surface area (Å²) in [7, 11) is 0. The summed E-state index contributed by atoms with van der Waals surface area (Å²) >= 11 is 6.52. The van der Waals surface area contributed by atoms with Crippen LogP contribution in [0.2, 0.25) is 0 Å². The zero-order valence-corrected chi connectivity index (χ0v) is 13.5. The van der Waals surface area contributed by atoms with Crippen molar-refractivity contribution < 1.29 is 4.42 Å². The lowest BCUT2D eigenvalue weighted by molar-refractivity contribution is 0.439. The molecule has 0 saturated heterocycles. The molecule has 22 heavy (non-hydrogen) atoms. The zero-order valence-electron chi connectivity index (χ0n) is 11.9. The number of rotatable bonds is 5. The summed E-state index contributed by atoms with van der Waals surface area (Å²) in [6, 6.07) is 0. The highest BCUT2D eigenvalue weighted by Gasteiger charge is 2.13. The molecule has 0 bridgehead atoms. The van der Waals surface area contributed by atoms with Gasteiger partial charge in [0.25, 0.3) is 5.56 Å². The van der Waals surface area contributed by atoms with Crippen molar-refractivity contribution in [1.82, 2.24) is 24.3 Å². The Morgan fingerprint density at radius 3 is 2.91 bits per heavy atom. The quantitative estimate of drug-likeness (QED) is 0.525. The van der Waals surface area contributed by atoms with E-state index in [1.54, 1.807) is 10.6 Å². The number of fused-ring (bicyclic) bond motifs is 1. The van der Waals surface area contributed by atoms with E-state index in [1.807, 2.05) is 6.92 Å². The van der Waals surface area contributed by atoms with Crippen molar-refractivity contribution in [2.45, 2.75) is 26.4 Å². The van der Waals surface area contributed by atoms with Crippen LogP contribution in [0.5, 0.6) is 0 Å². The molecule has 3 aromatic heterocycles. The van der Waals surface area contributed by atoms with E-state index in [-0.39, 0.29) is 12.1 Å². The number of thiazole rings is 1. The maximum atomic E-state index is 12.5. The van der Waals surface area contributed by atoms with Crippen molar-refractivity contribution in [2.24, 2.45) is 0 Å². The Morgan fingerprint density at radius 1 is 1.45 bits per heavy atom. The van der Waals surface area contributed by atoms with Gasteiger partial charge >= 0.3 is 0 Å². The molecular weight excluding hydrogens is 322 g/mol. The molecule has 0 aliphatic heterocycles. The van der Waals surface area contributed by atoms with Crippen molar-refractivity contribution in [1.29, 1.82) is 0 Å². The number of hydrogen-bond acceptors (Lipinski definition) is 7. The average molecular weight is 335 g/mol. The minimum absolute atomic E-state index is 0.167. The summed E-state index contributed by atoms with van der Waals surface area (Å²) in [5.41, 5.74) is 0.413. The molecule has 9 heteroatoms. The van der Waals surface area contributed by atoms with Crippen LogP contribution < -0.4 is 5.56 Å². The van der Waals surface area contributed by atoms with E-state index >= 15 is 0 Å². The van der Waals surface area contributed by atoms with Crippen molar-refractivity contribution >= 4 is 33.9 Å². The normalized spacial score (nSPS) is 11.1. The van der Waals surface area contributed by atoms with Gasteiger partial charge in [0.15, 0.2) is 9.60 Å². The van der Waals surface area contributed by atoms with E-state index in [9.17, 15) is 4.79 Å². The van der Waals surface area contributed by atoms with E-state index in [0.29, 0.717) is 39.0 Å². The van der Waals surface area contributed by atoms with Crippen molar-refractivity contribution in [3.8, 4) is 0 Å². The van der Waals surface area contributed by atoms with Crippen LogP contribution in [0.15, 0.2) is 28.2 Å². The van der Waals surface area contributed by atoms with Crippen LogP contribution in [0, 0.1) is 3.95 Å². The van der Waals surface area contributed by atoms with Crippen LogP contribution in [0.4, 0.5) is 0 Å². The number of allylic oxidation sites excluding steroid dienone is 1. The second kappa shape index (κ2) is 5.93. The molecule has 0 N–H and O–H groups in total. The second-order valence-electron chi connectivity index (χ2n) is 4.54. The van der Waals surface area contributed by atoms with Gasteiger partial charge < -0.3 is 8.98 Å². The third-order valence-corrected chi connectivity index (χ3v) is 4.50. The van der Waals surface area contributed by atoms with Crippen LogP contribution in [0.25, 0.3) is 10.3 Å². The number of aryl methyl sites for hydroxylation is 1. The monoisotopic (exact) mass is 335 g/mol. The number of nitrogens with zero attached hydrogens (tertiary/aromatic N) is 5. The van der Waals surface area contributed by atoms with Gasteiger partial charge in [-0.2, -0.15) is 0 Å². The first-order valence-corrected chi connectivity index (χ1v) is 7.87. The van der Waals surface area contributed by atoms with E-state index < -0.39 is 0 Å². The lowest BCUT2D eigenvalue weighted by atomic mass is 10.5. The molecule has 0 atom stereocenters. The van der Waals surface area contributed by atoms with E-state index in [4.69, 9.17) is 16.6 Å². The van der Waals surface area contributed by atoms with Gasteiger partial charge in [-0.3, -0.25) is 9.36 Å². The fourth-order valence-electron chi connectivity index (χ4n) is 2.02. The van der Waals surface area contributed by atoms with Crippen molar-refractivity contribution in [2.75, 3.05) is 0 Å². The fraction of sp³-hybridized carbons (Fsp3) is 0.308. The van der Waals surface area contributed by atoms with Gasteiger partial charge in [0.1, 0.15) is 17.6 Å². The lowest BCUT2D eigenvalue weighted by Crippen LogP contribution is -2.21. The SMILES string of the molecule is C=CCn1c(=S)sc2c(=O)n(Cc3nnc(CC)o3)cnc21. The maximum absolute atomic E-state index is 12.5. The highest BCUT2D eigenvalue weighted by molar-refractivity contribution is 7.73. The van der Waals surface area contributed by atoms with E-state index in [1.165, 1.54) is 22.2 Å². The molecule has 0 saturated carbocycles. The molecule has 0 aromatic carbocycles. The van der Waals surface area contributed by atoms with Gasteiger partial charge in [0.2, 0.25) is 11.8 Å². The molecule has 0 unspecified atom stereocenters. The fourth-order valence-corrected chi connectivity index (χ4v) is 3.33. The van der Waals surface area contributed by atoms with Crippen LogP contribution in [-0.4, -0.2) is 24.3 Å². The van der Waals surface area contributed by atoms with Gasteiger partial charge in [-0.05, 0) is 12.2 Å². The Bertz CT molecular complexity index is 949. The van der Waals surface area contributed by atoms with Crippen LogP contribution in [0.1, 0.15) is 18.7 Å². The highest BCUT2D eigenvalue weighted by Crippen LogP contribution is 2.17. The summed E-state index contributed by atoms with van der Waals surface area (Å²) in [4.78, 5) is 16.9. The Hall–Kier alpha value is -2.13. The molecule has 3 rings (SSSR count). The Balaban J connectivity index is 2.05. The third-order valence-electron chi connectivity index (χ3n) is 3.07. The molecule has 3 heterocycles. The second-order valence-corrected chi connectivity index (χ2v) is 6.18.